The first-order valence-electron chi connectivity index (χ1n) is 8.75. The van der Waals surface area contributed by atoms with Gasteiger partial charge in [0.25, 0.3) is 5.91 Å². The Labute approximate surface area is 164 Å². The molecule has 3 rings (SSSR count). The third-order valence-corrected chi connectivity index (χ3v) is 6.04. The zero-order valence-electron chi connectivity index (χ0n) is 15.8. The highest BCUT2D eigenvalue weighted by Crippen LogP contribution is 2.38. The van der Waals surface area contributed by atoms with Crippen molar-refractivity contribution >= 4 is 21.9 Å². The predicted octanol–water partition coefficient (Wildman–Crippen LogP) is 2.39. The number of nitrogens with one attached hydrogen (secondary N) is 1. The standard InChI is InChI=1S/C20H22N2O5S/c1-20(2,3)21-28(26,27)14-8-6-7-13(11-14)18-15-9-4-5-10-16(15)19(25)22(18)12-17(23)24/h4-11,18,21H,12H2,1-3H3,(H,23,24). The molecule has 0 saturated heterocycles. The number of amides is 1. The monoisotopic (exact) mass is 402 g/mol. The first-order valence-corrected chi connectivity index (χ1v) is 10.2. The van der Waals surface area contributed by atoms with Crippen molar-refractivity contribution in [2.24, 2.45) is 0 Å². The third kappa shape index (κ3) is 3.93. The summed E-state index contributed by atoms with van der Waals surface area (Å²) in [5.41, 5.74) is 0.971. The molecule has 0 aromatic heterocycles. The highest BCUT2D eigenvalue weighted by atomic mass is 32.2. The molecule has 0 bridgehead atoms. The van der Waals surface area contributed by atoms with Gasteiger partial charge in [-0.2, -0.15) is 0 Å². The Balaban J connectivity index is 2.09. The highest BCUT2D eigenvalue weighted by molar-refractivity contribution is 7.89. The van der Waals surface area contributed by atoms with Crippen LogP contribution in [0.25, 0.3) is 0 Å². The molecular weight excluding hydrogens is 380 g/mol. The van der Waals surface area contributed by atoms with Crippen molar-refractivity contribution in [3.8, 4) is 0 Å². The molecule has 7 nitrogen and oxygen atoms in total. The van der Waals surface area contributed by atoms with Gasteiger partial charge in [0, 0.05) is 11.1 Å². The zero-order chi connectivity index (χ0) is 20.7. The van der Waals surface area contributed by atoms with Crippen molar-refractivity contribution in [1.29, 1.82) is 0 Å². The van der Waals surface area contributed by atoms with Gasteiger partial charge in [-0.05, 0) is 50.1 Å². The van der Waals surface area contributed by atoms with Gasteiger partial charge in [-0.25, -0.2) is 13.1 Å². The van der Waals surface area contributed by atoms with E-state index < -0.39 is 34.1 Å². The minimum absolute atomic E-state index is 0.0621. The fraction of sp³-hybridized carbons (Fsp3) is 0.300. The van der Waals surface area contributed by atoms with Gasteiger partial charge in [-0.15, -0.1) is 0 Å². The summed E-state index contributed by atoms with van der Waals surface area (Å²) in [5, 5.41) is 9.25. The lowest BCUT2D eigenvalue weighted by atomic mass is 9.98. The van der Waals surface area contributed by atoms with Gasteiger partial charge in [-0.3, -0.25) is 9.59 Å². The smallest absolute Gasteiger partial charge is 0.323 e. The van der Waals surface area contributed by atoms with E-state index >= 15 is 0 Å². The maximum atomic E-state index is 12.7. The van der Waals surface area contributed by atoms with Crippen molar-refractivity contribution in [2.75, 3.05) is 6.54 Å². The number of carbonyl (C=O) groups is 2. The average Bonchev–Trinajstić information content (AvgIpc) is 2.85. The number of carboxylic acid groups (broad SMARTS) is 1. The topological polar surface area (TPSA) is 104 Å². The number of carbonyl (C=O) groups excluding carboxylic acids is 1. The molecule has 2 N–H and O–H groups in total. The second-order valence-electron chi connectivity index (χ2n) is 7.74. The molecule has 1 atom stereocenters. The van der Waals surface area contributed by atoms with E-state index in [-0.39, 0.29) is 10.8 Å². The molecule has 2 aromatic rings. The fourth-order valence-electron chi connectivity index (χ4n) is 3.35. The second-order valence-corrected chi connectivity index (χ2v) is 9.43. The predicted molar refractivity (Wildman–Crippen MR) is 103 cm³/mol. The van der Waals surface area contributed by atoms with E-state index in [1.807, 2.05) is 0 Å². The van der Waals surface area contributed by atoms with E-state index in [1.54, 1.807) is 57.2 Å². The SMILES string of the molecule is CC(C)(C)NS(=O)(=O)c1cccc(C2c3ccccc3C(=O)N2CC(=O)O)c1. The lowest BCUT2D eigenvalue weighted by molar-refractivity contribution is -0.138. The number of fused-ring (bicyclic) bond motifs is 1. The zero-order valence-corrected chi connectivity index (χ0v) is 16.7. The van der Waals surface area contributed by atoms with Crippen LogP contribution >= 0.6 is 0 Å². The fourth-order valence-corrected chi connectivity index (χ4v) is 4.83. The van der Waals surface area contributed by atoms with E-state index in [9.17, 15) is 23.1 Å². The van der Waals surface area contributed by atoms with E-state index in [1.165, 1.54) is 17.0 Å². The summed E-state index contributed by atoms with van der Waals surface area (Å²) in [5.74, 6) is -1.52. The quantitative estimate of drug-likeness (QED) is 0.799. The van der Waals surface area contributed by atoms with Crippen molar-refractivity contribution in [3.05, 3.63) is 65.2 Å². The Morgan fingerprint density at radius 2 is 1.82 bits per heavy atom. The van der Waals surface area contributed by atoms with Crippen molar-refractivity contribution < 1.29 is 23.1 Å². The summed E-state index contributed by atoms with van der Waals surface area (Å²) >= 11 is 0. The number of aliphatic carboxylic acids is 1. The van der Waals surface area contributed by atoms with Crippen molar-refractivity contribution in [1.82, 2.24) is 9.62 Å². The van der Waals surface area contributed by atoms with E-state index in [2.05, 4.69) is 4.72 Å². The molecule has 8 heteroatoms. The van der Waals surface area contributed by atoms with Gasteiger partial charge in [0.1, 0.15) is 6.54 Å². The van der Waals surface area contributed by atoms with Gasteiger partial charge in [0.15, 0.2) is 0 Å². The number of carboxylic acids is 1. The van der Waals surface area contributed by atoms with Crippen LogP contribution in [0.2, 0.25) is 0 Å². The van der Waals surface area contributed by atoms with E-state index in [4.69, 9.17) is 0 Å². The first kappa shape index (κ1) is 20.0. The van der Waals surface area contributed by atoms with Crippen LogP contribution in [0.1, 0.15) is 48.3 Å². The Hall–Kier alpha value is -2.71. The average molecular weight is 402 g/mol. The molecule has 1 unspecified atom stereocenters. The maximum absolute atomic E-state index is 12.7. The third-order valence-electron chi connectivity index (χ3n) is 4.29. The van der Waals surface area contributed by atoms with Gasteiger partial charge < -0.3 is 10.0 Å². The molecule has 0 aliphatic carbocycles. The van der Waals surface area contributed by atoms with Crippen molar-refractivity contribution in [3.63, 3.8) is 0 Å². The molecule has 148 valence electrons. The molecule has 28 heavy (non-hydrogen) atoms. The summed E-state index contributed by atoms with van der Waals surface area (Å²) in [4.78, 5) is 25.3. The summed E-state index contributed by atoms with van der Waals surface area (Å²) in [7, 11) is -3.77. The molecule has 1 aliphatic heterocycles. The summed E-state index contributed by atoms with van der Waals surface area (Å²) in [6.07, 6.45) is 0. The molecule has 1 aliphatic rings. The van der Waals surface area contributed by atoms with Crippen LogP contribution in [-0.2, 0) is 14.8 Å². The molecule has 1 amide bonds. The Morgan fingerprint density at radius 1 is 1.14 bits per heavy atom. The molecule has 0 radical (unpaired) electrons. The summed E-state index contributed by atoms with van der Waals surface area (Å²) in [6.45, 7) is 4.76. The minimum Gasteiger partial charge on any atom is -0.480 e. The van der Waals surface area contributed by atoms with Gasteiger partial charge >= 0.3 is 5.97 Å². The Bertz CT molecular complexity index is 1040. The van der Waals surface area contributed by atoms with E-state index in [0.29, 0.717) is 16.7 Å². The second kappa shape index (κ2) is 7.03. The summed E-state index contributed by atoms with van der Waals surface area (Å²) < 4.78 is 28.0. The van der Waals surface area contributed by atoms with Gasteiger partial charge in [0.05, 0.1) is 10.9 Å². The maximum Gasteiger partial charge on any atom is 0.323 e. The minimum atomic E-state index is -3.77. The number of hydrogen-bond donors (Lipinski definition) is 2. The van der Waals surface area contributed by atoms with E-state index in [0.717, 1.165) is 0 Å². The number of rotatable bonds is 5. The lowest BCUT2D eigenvalue weighted by Gasteiger charge is -2.25. The van der Waals surface area contributed by atoms with Crippen LogP contribution < -0.4 is 4.72 Å². The van der Waals surface area contributed by atoms with Crippen LogP contribution in [0.5, 0.6) is 0 Å². The normalized spacial score (nSPS) is 16.9. The molecule has 1 heterocycles. The Morgan fingerprint density at radius 3 is 2.46 bits per heavy atom. The van der Waals surface area contributed by atoms with Crippen LogP contribution in [0, 0.1) is 0 Å². The van der Waals surface area contributed by atoms with Crippen LogP contribution in [0.4, 0.5) is 0 Å². The van der Waals surface area contributed by atoms with Crippen molar-refractivity contribution in [2.45, 2.75) is 37.2 Å². The number of hydrogen-bond acceptors (Lipinski definition) is 4. The first-order chi connectivity index (χ1) is 13.0. The summed E-state index contributed by atoms with van der Waals surface area (Å²) in [6, 6.07) is 12.5. The molecule has 2 aromatic carbocycles. The lowest BCUT2D eigenvalue weighted by Crippen LogP contribution is -2.40. The largest absolute Gasteiger partial charge is 0.480 e. The highest BCUT2D eigenvalue weighted by Gasteiger charge is 2.38. The number of benzene rings is 2. The van der Waals surface area contributed by atoms with Crippen LogP contribution in [0.3, 0.4) is 0 Å². The number of sulfonamides is 1. The molecule has 0 fully saturated rings. The van der Waals surface area contributed by atoms with Crippen LogP contribution in [-0.4, -0.2) is 42.4 Å². The molecule has 0 spiro atoms. The molecular formula is C20H22N2O5S. The van der Waals surface area contributed by atoms with Gasteiger partial charge in [-0.1, -0.05) is 30.3 Å². The van der Waals surface area contributed by atoms with Crippen LogP contribution in [0.15, 0.2) is 53.4 Å². The molecule has 0 saturated carbocycles. The Kier molecular flexibility index (Phi) is 5.03. The number of nitrogens with zero attached hydrogens (tertiary/aromatic N) is 1. The van der Waals surface area contributed by atoms with Gasteiger partial charge in [0.2, 0.25) is 10.0 Å².